The normalized spacial score (nSPS) is 14.8. The van der Waals surface area contributed by atoms with Crippen LogP contribution in [0.4, 0.5) is 0 Å². The SMILES string of the molecule is O=C(CN1CCc2[nH]c3ccccc3c2C1)NCc1cccs1. The number of carbonyl (C=O) groups excluding carboxylic acids is 1. The number of hydrogen-bond acceptors (Lipinski definition) is 3. The van der Waals surface area contributed by atoms with Gasteiger partial charge in [-0.15, -0.1) is 11.3 Å². The summed E-state index contributed by atoms with van der Waals surface area (Å²) in [7, 11) is 0. The van der Waals surface area contributed by atoms with E-state index in [1.807, 2.05) is 17.5 Å². The van der Waals surface area contributed by atoms with Gasteiger partial charge in [-0.2, -0.15) is 0 Å². The molecule has 0 fully saturated rings. The van der Waals surface area contributed by atoms with E-state index >= 15 is 0 Å². The van der Waals surface area contributed by atoms with E-state index in [1.165, 1.54) is 27.0 Å². The highest BCUT2D eigenvalue weighted by molar-refractivity contribution is 7.09. The minimum atomic E-state index is 0.0988. The van der Waals surface area contributed by atoms with Crippen LogP contribution in [0.15, 0.2) is 41.8 Å². The van der Waals surface area contributed by atoms with Crippen LogP contribution in [-0.4, -0.2) is 28.9 Å². The molecule has 1 aliphatic rings. The maximum absolute atomic E-state index is 12.2. The first-order valence-electron chi connectivity index (χ1n) is 7.89. The molecule has 2 N–H and O–H groups in total. The molecule has 0 saturated heterocycles. The second-order valence-electron chi connectivity index (χ2n) is 5.94. The van der Waals surface area contributed by atoms with E-state index in [1.54, 1.807) is 11.3 Å². The highest BCUT2D eigenvalue weighted by Gasteiger charge is 2.21. The number of H-pyrrole nitrogens is 1. The van der Waals surface area contributed by atoms with Gasteiger partial charge in [-0.1, -0.05) is 24.3 Å². The molecular formula is C18H19N3OS. The smallest absolute Gasteiger partial charge is 0.234 e. The van der Waals surface area contributed by atoms with Gasteiger partial charge in [0.25, 0.3) is 0 Å². The molecule has 1 amide bonds. The fourth-order valence-electron chi connectivity index (χ4n) is 3.22. The fourth-order valence-corrected chi connectivity index (χ4v) is 3.86. The van der Waals surface area contributed by atoms with Gasteiger partial charge < -0.3 is 10.3 Å². The molecule has 0 saturated carbocycles. The van der Waals surface area contributed by atoms with Gasteiger partial charge in [0, 0.05) is 41.0 Å². The van der Waals surface area contributed by atoms with Gasteiger partial charge in [-0.3, -0.25) is 9.69 Å². The lowest BCUT2D eigenvalue weighted by atomic mass is 10.0. The summed E-state index contributed by atoms with van der Waals surface area (Å²) in [5.41, 5.74) is 3.86. The topological polar surface area (TPSA) is 48.1 Å². The van der Waals surface area contributed by atoms with E-state index in [2.05, 4.69) is 39.5 Å². The summed E-state index contributed by atoms with van der Waals surface area (Å²) in [6.45, 7) is 2.85. The number of hydrogen-bond donors (Lipinski definition) is 2. The number of nitrogens with zero attached hydrogens (tertiary/aromatic N) is 1. The summed E-state index contributed by atoms with van der Waals surface area (Å²) in [4.78, 5) is 19.1. The van der Waals surface area contributed by atoms with Crippen molar-refractivity contribution in [2.24, 2.45) is 0 Å². The highest BCUT2D eigenvalue weighted by Crippen LogP contribution is 2.27. The zero-order valence-electron chi connectivity index (χ0n) is 12.8. The van der Waals surface area contributed by atoms with Gasteiger partial charge in [0.2, 0.25) is 5.91 Å². The van der Waals surface area contributed by atoms with Crippen LogP contribution in [0, 0.1) is 0 Å². The quantitative estimate of drug-likeness (QED) is 0.775. The summed E-state index contributed by atoms with van der Waals surface area (Å²) in [6, 6.07) is 12.5. The molecule has 5 heteroatoms. The molecule has 0 bridgehead atoms. The van der Waals surface area contributed by atoms with E-state index in [4.69, 9.17) is 0 Å². The number of thiophene rings is 1. The van der Waals surface area contributed by atoms with Crippen molar-refractivity contribution < 1.29 is 4.79 Å². The molecule has 0 atom stereocenters. The van der Waals surface area contributed by atoms with Crippen LogP contribution in [0.1, 0.15) is 16.1 Å². The van der Waals surface area contributed by atoms with Crippen molar-refractivity contribution >= 4 is 28.1 Å². The van der Waals surface area contributed by atoms with Gasteiger partial charge in [0.15, 0.2) is 0 Å². The van der Waals surface area contributed by atoms with Crippen molar-refractivity contribution in [3.05, 3.63) is 57.9 Å². The molecule has 0 spiro atoms. The van der Waals surface area contributed by atoms with Crippen molar-refractivity contribution in [1.29, 1.82) is 0 Å². The van der Waals surface area contributed by atoms with Gasteiger partial charge in [0.05, 0.1) is 13.1 Å². The van der Waals surface area contributed by atoms with Gasteiger partial charge in [0.1, 0.15) is 0 Å². The molecule has 3 aromatic rings. The van der Waals surface area contributed by atoms with Crippen molar-refractivity contribution in [1.82, 2.24) is 15.2 Å². The van der Waals surface area contributed by atoms with Crippen molar-refractivity contribution in [2.45, 2.75) is 19.5 Å². The van der Waals surface area contributed by atoms with E-state index in [0.29, 0.717) is 13.1 Å². The number of amides is 1. The Hall–Kier alpha value is -2.11. The number of rotatable bonds is 4. The van der Waals surface area contributed by atoms with Crippen LogP contribution in [0.3, 0.4) is 0 Å². The van der Waals surface area contributed by atoms with Crippen molar-refractivity contribution in [3.63, 3.8) is 0 Å². The summed E-state index contributed by atoms with van der Waals surface area (Å²) in [5, 5.41) is 6.33. The Morgan fingerprint density at radius 2 is 2.17 bits per heavy atom. The van der Waals surface area contributed by atoms with Crippen molar-refractivity contribution in [2.75, 3.05) is 13.1 Å². The van der Waals surface area contributed by atoms with E-state index < -0.39 is 0 Å². The van der Waals surface area contributed by atoms with Crippen LogP contribution < -0.4 is 5.32 Å². The minimum absolute atomic E-state index is 0.0988. The monoisotopic (exact) mass is 325 g/mol. The first-order valence-corrected chi connectivity index (χ1v) is 8.77. The lowest BCUT2D eigenvalue weighted by molar-refractivity contribution is -0.122. The Labute approximate surface area is 139 Å². The molecule has 1 aliphatic heterocycles. The summed E-state index contributed by atoms with van der Waals surface area (Å²) >= 11 is 1.67. The van der Waals surface area contributed by atoms with Crippen LogP contribution in [0.5, 0.6) is 0 Å². The van der Waals surface area contributed by atoms with Gasteiger partial charge in [-0.25, -0.2) is 0 Å². The first-order chi connectivity index (χ1) is 11.3. The Kier molecular flexibility index (Phi) is 3.89. The summed E-state index contributed by atoms with van der Waals surface area (Å²) < 4.78 is 0. The lowest BCUT2D eigenvalue weighted by Crippen LogP contribution is -2.39. The van der Waals surface area contributed by atoms with Crippen LogP contribution in [-0.2, 0) is 24.3 Å². The second kappa shape index (κ2) is 6.18. The molecule has 0 unspecified atom stereocenters. The maximum Gasteiger partial charge on any atom is 0.234 e. The molecule has 2 aromatic heterocycles. The highest BCUT2D eigenvalue weighted by atomic mass is 32.1. The molecule has 0 radical (unpaired) electrons. The number of para-hydroxylation sites is 1. The number of nitrogens with one attached hydrogen (secondary N) is 2. The molecule has 1 aromatic carbocycles. The van der Waals surface area contributed by atoms with Gasteiger partial charge in [-0.05, 0) is 23.1 Å². The Bertz CT molecular complexity index is 822. The molecule has 4 rings (SSSR count). The molecule has 118 valence electrons. The zero-order chi connectivity index (χ0) is 15.6. The predicted octanol–water partition coefficient (Wildman–Crippen LogP) is 2.90. The second-order valence-corrected chi connectivity index (χ2v) is 6.98. The first kappa shape index (κ1) is 14.5. The number of benzene rings is 1. The van der Waals surface area contributed by atoms with Crippen molar-refractivity contribution in [3.8, 4) is 0 Å². The fraction of sp³-hybridized carbons (Fsp3) is 0.278. The predicted molar refractivity (Wildman–Crippen MR) is 93.4 cm³/mol. The summed E-state index contributed by atoms with van der Waals surface area (Å²) in [5.74, 6) is 0.0988. The maximum atomic E-state index is 12.2. The standard InChI is InChI=1S/C18H19N3OS/c22-18(19-10-13-4-3-9-23-13)12-21-8-7-17-15(11-21)14-5-1-2-6-16(14)20-17/h1-6,9,20H,7-8,10-12H2,(H,19,22). The van der Waals surface area contributed by atoms with E-state index in [0.717, 1.165) is 19.5 Å². The molecule has 4 nitrogen and oxygen atoms in total. The van der Waals surface area contributed by atoms with Crippen LogP contribution in [0.2, 0.25) is 0 Å². The van der Waals surface area contributed by atoms with Gasteiger partial charge >= 0.3 is 0 Å². The number of aromatic amines is 1. The summed E-state index contributed by atoms with van der Waals surface area (Å²) in [6.07, 6.45) is 0.974. The third-order valence-corrected chi connectivity index (χ3v) is 5.25. The number of aromatic nitrogens is 1. The molecule has 23 heavy (non-hydrogen) atoms. The third kappa shape index (κ3) is 3.02. The number of fused-ring (bicyclic) bond motifs is 3. The lowest BCUT2D eigenvalue weighted by Gasteiger charge is -2.26. The van der Waals surface area contributed by atoms with Crippen LogP contribution >= 0.6 is 11.3 Å². The molecule has 3 heterocycles. The minimum Gasteiger partial charge on any atom is -0.358 e. The Balaban J connectivity index is 1.40. The van der Waals surface area contributed by atoms with E-state index in [9.17, 15) is 4.79 Å². The Morgan fingerprint density at radius 3 is 3.04 bits per heavy atom. The van der Waals surface area contributed by atoms with E-state index in [-0.39, 0.29) is 5.91 Å². The molecular weight excluding hydrogens is 306 g/mol. The Morgan fingerprint density at radius 1 is 1.26 bits per heavy atom. The average Bonchev–Trinajstić information content (AvgIpc) is 3.20. The number of carbonyl (C=O) groups is 1. The third-order valence-electron chi connectivity index (χ3n) is 4.37. The zero-order valence-corrected chi connectivity index (χ0v) is 13.7. The molecule has 0 aliphatic carbocycles. The largest absolute Gasteiger partial charge is 0.358 e. The average molecular weight is 325 g/mol. The van der Waals surface area contributed by atoms with Crippen LogP contribution in [0.25, 0.3) is 10.9 Å².